The molecule has 2 aromatic heterocycles. The third kappa shape index (κ3) is 9.02. The van der Waals surface area contributed by atoms with Gasteiger partial charge in [0.05, 0.1) is 24.8 Å². The van der Waals surface area contributed by atoms with Gasteiger partial charge in [0.1, 0.15) is 11.4 Å². The van der Waals surface area contributed by atoms with Crippen molar-refractivity contribution in [3.8, 4) is 6.07 Å². The van der Waals surface area contributed by atoms with Gasteiger partial charge in [-0.05, 0) is 80.1 Å². The average molecular weight is 638 g/mol. The fourth-order valence-corrected chi connectivity index (χ4v) is 4.23. The number of anilines is 2. The van der Waals surface area contributed by atoms with Gasteiger partial charge in [-0.15, -0.1) is 0 Å². The number of ether oxygens (including phenoxy) is 2. The van der Waals surface area contributed by atoms with Crippen LogP contribution in [0.4, 0.5) is 24.5 Å². The molecule has 6 N–H and O–H groups in total. The van der Waals surface area contributed by atoms with Crippen molar-refractivity contribution in [2.45, 2.75) is 26.6 Å². The Labute approximate surface area is 260 Å². The minimum absolute atomic E-state index is 0.312. The predicted molar refractivity (Wildman–Crippen MR) is 165 cm³/mol. The number of carbonyl (C=O) groups is 3. The molecule has 0 radical (unpaired) electrons. The summed E-state index contributed by atoms with van der Waals surface area (Å²) in [4.78, 5) is 35.6. The number of nitrogens with one attached hydrogen (secondary N) is 1. The molecule has 240 valence electrons. The lowest BCUT2D eigenvalue weighted by atomic mass is 10.1. The van der Waals surface area contributed by atoms with Crippen molar-refractivity contribution in [3.63, 3.8) is 0 Å². The standard InChI is InChI=1S/C19H17N3O2.C11H12N2O2.C2HF3O2/c1-2-24-19(23)18-10-15-9-16(21)6-7-17(15)22(18)12-14-5-3-4-13(8-14)11-20;1-2-15-11(14)10-6-7-5-8(12)3-4-9(7)13-10;3-2(4,5)1(6)7/h3-10H,2,12,21H2,1H3;3-6,13H,2,12H2,1H3;(H,6,7). The zero-order valence-electron chi connectivity index (χ0n) is 24.7. The number of nitrogens with zero attached hydrogens (tertiary/aromatic N) is 2. The number of hydrogen-bond donors (Lipinski definition) is 4. The molecule has 0 aliphatic rings. The molecule has 46 heavy (non-hydrogen) atoms. The Bertz CT molecular complexity index is 1910. The summed E-state index contributed by atoms with van der Waals surface area (Å²) < 4.78 is 43.7. The van der Waals surface area contributed by atoms with Crippen molar-refractivity contribution >= 4 is 51.1 Å². The topological polar surface area (TPSA) is 186 Å². The van der Waals surface area contributed by atoms with E-state index in [2.05, 4.69) is 11.1 Å². The molecular weight excluding hydrogens is 607 g/mol. The van der Waals surface area contributed by atoms with Gasteiger partial charge in [0.25, 0.3) is 0 Å². The molecule has 0 atom stereocenters. The number of nitrogens with two attached hydrogens (primary N) is 2. The molecule has 0 spiro atoms. The van der Waals surface area contributed by atoms with E-state index in [1.54, 1.807) is 44.2 Å². The fraction of sp³-hybridized carbons (Fsp3) is 0.188. The van der Waals surface area contributed by atoms with Crippen LogP contribution in [-0.2, 0) is 20.8 Å². The van der Waals surface area contributed by atoms with E-state index in [1.165, 1.54) is 0 Å². The van der Waals surface area contributed by atoms with Gasteiger partial charge >= 0.3 is 24.1 Å². The lowest BCUT2D eigenvalue weighted by Crippen LogP contribution is -2.21. The van der Waals surface area contributed by atoms with Crippen LogP contribution in [0.3, 0.4) is 0 Å². The van der Waals surface area contributed by atoms with E-state index in [9.17, 15) is 22.8 Å². The van der Waals surface area contributed by atoms with Crippen LogP contribution in [0.2, 0.25) is 0 Å². The first-order valence-corrected chi connectivity index (χ1v) is 13.7. The van der Waals surface area contributed by atoms with Crippen LogP contribution in [0.25, 0.3) is 21.8 Å². The van der Waals surface area contributed by atoms with Crippen molar-refractivity contribution in [3.05, 3.63) is 95.3 Å². The number of carboxylic acids is 1. The molecule has 0 fully saturated rings. The highest BCUT2D eigenvalue weighted by molar-refractivity contribution is 5.97. The van der Waals surface area contributed by atoms with Gasteiger partial charge in [0, 0.05) is 39.7 Å². The van der Waals surface area contributed by atoms with Gasteiger partial charge in [0.2, 0.25) is 0 Å². The van der Waals surface area contributed by atoms with Gasteiger partial charge in [-0.3, -0.25) is 0 Å². The molecule has 14 heteroatoms. The van der Waals surface area contributed by atoms with Gasteiger partial charge < -0.3 is 35.6 Å². The van der Waals surface area contributed by atoms with Crippen molar-refractivity contribution < 1.29 is 42.1 Å². The van der Waals surface area contributed by atoms with Crippen molar-refractivity contribution in [1.82, 2.24) is 9.55 Å². The lowest BCUT2D eigenvalue weighted by Gasteiger charge is -2.11. The molecule has 0 saturated heterocycles. The summed E-state index contributed by atoms with van der Waals surface area (Å²) in [5.74, 6) is -3.47. The second-order valence-electron chi connectivity index (χ2n) is 9.52. The van der Waals surface area contributed by atoms with Crippen LogP contribution in [0.1, 0.15) is 46.0 Å². The summed E-state index contributed by atoms with van der Waals surface area (Å²) >= 11 is 0. The Balaban J connectivity index is 0.000000222. The number of esters is 2. The van der Waals surface area contributed by atoms with E-state index in [0.29, 0.717) is 48.1 Å². The van der Waals surface area contributed by atoms with E-state index >= 15 is 0 Å². The smallest absolute Gasteiger partial charge is 0.475 e. The van der Waals surface area contributed by atoms with Crippen LogP contribution in [0, 0.1) is 11.3 Å². The number of aromatic amines is 1. The van der Waals surface area contributed by atoms with E-state index in [-0.39, 0.29) is 11.9 Å². The quantitative estimate of drug-likeness (QED) is 0.130. The number of benzene rings is 3. The van der Waals surface area contributed by atoms with Crippen molar-refractivity contribution in [2.24, 2.45) is 0 Å². The number of alkyl halides is 3. The Kier molecular flexibility index (Phi) is 11.4. The van der Waals surface area contributed by atoms with E-state index in [0.717, 1.165) is 27.4 Å². The molecule has 11 nitrogen and oxygen atoms in total. The lowest BCUT2D eigenvalue weighted by molar-refractivity contribution is -0.192. The maximum absolute atomic E-state index is 12.3. The molecule has 5 aromatic rings. The van der Waals surface area contributed by atoms with Gasteiger partial charge in [-0.25, -0.2) is 14.4 Å². The predicted octanol–water partition coefficient (Wildman–Crippen LogP) is 5.88. The van der Waals surface area contributed by atoms with Gasteiger partial charge in [-0.2, -0.15) is 18.4 Å². The summed E-state index contributed by atoms with van der Waals surface area (Å²) in [5.41, 5.74) is 17.0. The molecule has 0 bridgehead atoms. The maximum Gasteiger partial charge on any atom is 0.490 e. The van der Waals surface area contributed by atoms with Gasteiger partial charge in [0.15, 0.2) is 0 Å². The van der Waals surface area contributed by atoms with Crippen LogP contribution in [-0.4, -0.2) is 52.0 Å². The molecule has 2 heterocycles. The van der Waals surface area contributed by atoms with Crippen LogP contribution in [0.5, 0.6) is 0 Å². The first-order chi connectivity index (χ1) is 21.8. The highest BCUT2D eigenvalue weighted by atomic mass is 19.4. The number of carbonyl (C=O) groups excluding carboxylic acids is 2. The van der Waals surface area contributed by atoms with Crippen LogP contribution >= 0.6 is 0 Å². The number of aromatic nitrogens is 2. The zero-order valence-corrected chi connectivity index (χ0v) is 24.7. The van der Waals surface area contributed by atoms with E-state index in [4.69, 9.17) is 36.1 Å². The van der Waals surface area contributed by atoms with Gasteiger partial charge in [-0.1, -0.05) is 12.1 Å². The average Bonchev–Trinajstić information content (AvgIpc) is 3.59. The third-order valence-corrected chi connectivity index (χ3v) is 6.19. The summed E-state index contributed by atoms with van der Waals surface area (Å²) in [6.45, 7) is 4.71. The molecule has 3 aromatic carbocycles. The minimum atomic E-state index is -5.08. The molecule has 0 amide bonds. The number of aliphatic carboxylic acids is 1. The van der Waals surface area contributed by atoms with Crippen LogP contribution in [0.15, 0.2) is 72.8 Å². The summed E-state index contributed by atoms with van der Waals surface area (Å²) in [6.07, 6.45) is -5.08. The minimum Gasteiger partial charge on any atom is -0.475 e. The Morgan fingerprint density at radius 2 is 1.50 bits per heavy atom. The summed E-state index contributed by atoms with van der Waals surface area (Å²) in [5, 5.41) is 18.0. The van der Waals surface area contributed by atoms with E-state index in [1.807, 2.05) is 47.0 Å². The summed E-state index contributed by atoms with van der Waals surface area (Å²) in [7, 11) is 0. The molecule has 0 aliphatic carbocycles. The van der Waals surface area contributed by atoms with Crippen molar-refractivity contribution in [1.29, 1.82) is 5.26 Å². The third-order valence-electron chi connectivity index (χ3n) is 6.19. The number of H-pyrrole nitrogens is 1. The fourth-order valence-electron chi connectivity index (χ4n) is 4.23. The molecule has 5 rings (SSSR count). The molecule has 0 unspecified atom stereocenters. The Hall–Kier alpha value is -5.97. The van der Waals surface area contributed by atoms with Crippen LogP contribution < -0.4 is 11.5 Å². The normalized spacial score (nSPS) is 10.6. The monoisotopic (exact) mass is 637 g/mol. The Morgan fingerprint density at radius 1 is 0.891 bits per heavy atom. The second-order valence-corrected chi connectivity index (χ2v) is 9.52. The molecule has 0 aliphatic heterocycles. The number of halogens is 3. The Morgan fingerprint density at radius 3 is 2.11 bits per heavy atom. The van der Waals surface area contributed by atoms with Crippen molar-refractivity contribution in [2.75, 3.05) is 24.7 Å². The summed E-state index contributed by atoms with van der Waals surface area (Å²) in [6, 6.07) is 24.0. The SMILES string of the molecule is CCOC(=O)c1cc2cc(N)ccc2[nH]1.CCOC(=O)c1cc2cc(N)ccc2n1Cc1cccc(C#N)c1.O=C(O)C(F)(F)F. The number of nitrogen functional groups attached to an aromatic ring is 2. The largest absolute Gasteiger partial charge is 0.490 e. The number of hydrogen-bond acceptors (Lipinski definition) is 8. The number of carboxylic acid groups (broad SMARTS) is 1. The number of nitriles is 1. The first kappa shape index (κ1) is 34.5. The maximum atomic E-state index is 12.3. The highest BCUT2D eigenvalue weighted by Crippen LogP contribution is 2.25. The second kappa shape index (κ2) is 15.2. The molecule has 0 saturated carbocycles. The molecular formula is C32H30F3N5O6. The highest BCUT2D eigenvalue weighted by Gasteiger charge is 2.38. The first-order valence-electron chi connectivity index (χ1n) is 13.7. The van der Waals surface area contributed by atoms with E-state index < -0.39 is 12.1 Å². The number of fused-ring (bicyclic) bond motifs is 2. The number of rotatable bonds is 6. The zero-order chi connectivity index (χ0) is 34.0.